The summed E-state index contributed by atoms with van der Waals surface area (Å²) in [6.45, 7) is 10.8. The van der Waals surface area contributed by atoms with Gasteiger partial charge in [-0.25, -0.2) is 9.59 Å². The molecule has 0 radical (unpaired) electrons. The molecule has 2 fully saturated rings. The molecule has 6 heterocycles. The Morgan fingerprint density at radius 2 is 1.75 bits per heavy atom. The molecule has 1 spiro atoms. The van der Waals surface area contributed by atoms with Gasteiger partial charge in [-0.15, -0.1) is 6.42 Å². The highest BCUT2D eigenvalue weighted by molar-refractivity contribution is 6.04. The lowest BCUT2D eigenvalue weighted by Gasteiger charge is -2.63. The number of esters is 4. The molecule has 5 aliphatic heterocycles. The summed E-state index contributed by atoms with van der Waals surface area (Å²) in [5, 5.41) is 17.2. The highest BCUT2D eigenvalue weighted by Gasteiger charge is 2.80. The Bertz CT molecular complexity index is 2890. The van der Waals surface area contributed by atoms with E-state index < -0.39 is 75.7 Å². The quantitative estimate of drug-likeness (QED) is 0.110. The maximum absolute atomic E-state index is 15.9. The molecule has 3 N–H and O–H groups in total. The van der Waals surface area contributed by atoms with Crippen molar-refractivity contribution in [2.75, 3.05) is 66.6 Å². The second-order valence-electron chi connectivity index (χ2n) is 20.4. The molecular formula is C55H65N5O11. The average Bonchev–Trinajstić information content (AvgIpc) is 4.01. The number of fused-ring (bicyclic) bond motifs is 6. The number of likely N-dealkylation sites (N-methyl/N-ethyl adjacent to an activating group) is 1. The molecule has 1 unspecified atom stereocenters. The van der Waals surface area contributed by atoms with Crippen molar-refractivity contribution < 1.29 is 52.8 Å². The van der Waals surface area contributed by atoms with Crippen molar-refractivity contribution in [3.05, 3.63) is 93.4 Å². The summed E-state index contributed by atoms with van der Waals surface area (Å²) >= 11 is 0. The second-order valence-corrected chi connectivity index (χ2v) is 20.4. The lowest BCUT2D eigenvalue weighted by molar-refractivity contribution is -0.228. The molecule has 1 saturated carbocycles. The van der Waals surface area contributed by atoms with Gasteiger partial charge in [0.15, 0.2) is 6.10 Å². The van der Waals surface area contributed by atoms with Gasteiger partial charge in [0.05, 0.1) is 40.1 Å². The van der Waals surface area contributed by atoms with E-state index in [0.717, 1.165) is 11.1 Å². The van der Waals surface area contributed by atoms with Crippen molar-refractivity contribution in [1.82, 2.24) is 20.1 Å². The molecule has 1 saturated heterocycles. The predicted molar refractivity (Wildman–Crippen MR) is 264 cm³/mol. The molecular weight excluding hydrogens is 907 g/mol. The first kappa shape index (κ1) is 49.4. The number of aliphatic hydroxyl groups is 1. The van der Waals surface area contributed by atoms with E-state index in [2.05, 4.69) is 27.2 Å². The van der Waals surface area contributed by atoms with Crippen LogP contribution in [0.4, 0.5) is 5.69 Å². The van der Waals surface area contributed by atoms with Gasteiger partial charge in [0.2, 0.25) is 5.60 Å². The van der Waals surface area contributed by atoms with Crippen molar-refractivity contribution in [1.29, 1.82) is 0 Å². The van der Waals surface area contributed by atoms with E-state index in [0.29, 0.717) is 83.6 Å². The molecule has 1 aromatic heterocycles. The zero-order valence-corrected chi connectivity index (χ0v) is 42.3. The maximum atomic E-state index is 15.9. The van der Waals surface area contributed by atoms with E-state index in [-0.39, 0.29) is 36.7 Å². The Labute approximate surface area is 414 Å². The fraction of sp³-hybridized carbons (Fsp3) is 0.509. The van der Waals surface area contributed by atoms with Crippen molar-refractivity contribution in [2.45, 2.75) is 107 Å². The summed E-state index contributed by atoms with van der Waals surface area (Å²) in [6, 6.07) is 7.63. The van der Waals surface area contributed by atoms with Crippen molar-refractivity contribution in [2.24, 2.45) is 11.3 Å². The number of rotatable bonds is 10. The standard InChI is InChI=1S/C55H65N5O11/c1-12-32-16-17-40-35(23-32)36-24-37(46(63)68-9)43(45(62)56-30(4)5)60-28-33(13-2)22-34(29-60)27-54(44(36)57-40,50(64)69-10)39-25-38-41(26-42(39)67-8)58(7)48-53(38)19-21-59-20-15-18-52(14-3,47(53)59)49(71-31(6)61)55(48,66)51(65)70-11/h1,15-18,22-23,25-26,30,34,47-49,57,66H,13-14,19-21,24,27-29H2,2-11H3,(H,56,62)/b43-37+/t34?,47-,48+,49+,52+,53+,54-,55-/m0/s1. The predicted octanol–water partition coefficient (Wildman–Crippen LogP) is 4.73. The largest absolute Gasteiger partial charge is 0.496 e. The van der Waals surface area contributed by atoms with Crippen LogP contribution in [0.1, 0.15) is 88.2 Å². The van der Waals surface area contributed by atoms with Gasteiger partial charge in [-0.3, -0.25) is 19.3 Å². The van der Waals surface area contributed by atoms with Gasteiger partial charge >= 0.3 is 23.9 Å². The van der Waals surface area contributed by atoms with E-state index >= 15 is 4.79 Å². The third kappa shape index (κ3) is 6.96. The van der Waals surface area contributed by atoms with Crippen LogP contribution in [0.25, 0.3) is 10.9 Å². The smallest absolute Gasteiger partial charge is 0.344 e. The number of nitrogens with zero attached hydrogens (tertiary/aromatic N) is 3. The Morgan fingerprint density at radius 3 is 2.38 bits per heavy atom. The van der Waals surface area contributed by atoms with Crippen LogP contribution < -0.4 is 15.0 Å². The van der Waals surface area contributed by atoms with Crippen molar-refractivity contribution in [3.63, 3.8) is 0 Å². The average molecular weight is 972 g/mol. The number of hydrogen-bond donors (Lipinski definition) is 3. The number of benzene rings is 2. The first-order valence-electron chi connectivity index (χ1n) is 24.5. The Morgan fingerprint density at radius 1 is 1.00 bits per heavy atom. The molecule has 376 valence electrons. The topological polar surface area (TPSA) is 189 Å². The number of amides is 1. The Hall–Kier alpha value is -6.57. The van der Waals surface area contributed by atoms with E-state index in [1.165, 1.54) is 35.4 Å². The van der Waals surface area contributed by atoms with E-state index in [1.54, 1.807) is 6.07 Å². The van der Waals surface area contributed by atoms with Gasteiger partial charge in [-0.1, -0.05) is 43.6 Å². The van der Waals surface area contributed by atoms with Crippen LogP contribution in [-0.4, -0.2) is 141 Å². The van der Waals surface area contributed by atoms with Gasteiger partial charge in [0.25, 0.3) is 5.91 Å². The zero-order chi connectivity index (χ0) is 51.1. The lowest BCUT2D eigenvalue weighted by atomic mass is 9.47. The molecule has 16 heteroatoms. The fourth-order valence-corrected chi connectivity index (χ4v) is 14.1. The summed E-state index contributed by atoms with van der Waals surface area (Å²) in [5.74, 6) is -0.730. The van der Waals surface area contributed by atoms with Crippen LogP contribution in [0.5, 0.6) is 5.75 Å². The SMILES string of the molecule is C#Cc1ccc2[nH]c3c(c2c1)C/C(C(=O)OC)=C(/C(=O)NC(C)C)N1CC(CC)=CC(C1)C[C@]3(C(=O)OC)c1cc2c(cc1OC)N(C)[C@H]1[C@@](O)(C(=O)OC)[C@H](OC(C)=O)[C@]3(CC)C=CCN4CC[C@]21[C@@H]43. The fourth-order valence-electron chi connectivity index (χ4n) is 14.1. The van der Waals surface area contributed by atoms with Gasteiger partial charge in [0, 0.05) is 102 Å². The van der Waals surface area contributed by atoms with Crippen LogP contribution in [-0.2, 0) is 60.2 Å². The minimum atomic E-state index is -2.40. The number of anilines is 1. The molecule has 1 aliphatic carbocycles. The summed E-state index contributed by atoms with van der Waals surface area (Å²) < 4.78 is 29.7. The molecule has 1 amide bonds. The number of ether oxygens (including phenoxy) is 5. The molecule has 2 aromatic carbocycles. The molecule has 16 nitrogen and oxygen atoms in total. The van der Waals surface area contributed by atoms with E-state index in [9.17, 15) is 24.3 Å². The molecule has 9 rings (SSSR count). The summed E-state index contributed by atoms with van der Waals surface area (Å²) in [4.78, 5) is 82.5. The van der Waals surface area contributed by atoms with E-state index in [1.807, 2.05) is 81.0 Å². The summed E-state index contributed by atoms with van der Waals surface area (Å²) in [6.07, 6.45) is 12.3. The minimum absolute atomic E-state index is 0.0962. The second kappa shape index (κ2) is 17.9. The number of nitrogens with one attached hydrogen (secondary N) is 2. The third-order valence-corrected chi connectivity index (χ3v) is 16.6. The number of terminal acetylenes is 1. The number of H-pyrrole nitrogens is 1. The number of methoxy groups -OCH3 is 4. The Balaban J connectivity index is 1.42. The minimum Gasteiger partial charge on any atom is -0.496 e. The van der Waals surface area contributed by atoms with Gasteiger partial charge in [0.1, 0.15) is 16.9 Å². The number of carbonyl (C=O) groups excluding carboxylic acids is 5. The molecule has 71 heavy (non-hydrogen) atoms. The maximum Gasteiger partial charge on any atom is 0.344 e. The van der Waals surface area contributed by atoms with Crippen molar-refractivity contribution in [3.8, 4) is 18.1 Å². The van der Waals surface area contributed by atoms with Crippen LogP contribution >= 0.6 is 0 Å². The molecule has 2 bridgehead atoms. The zero-order valence-electron chi connectivity index (χ0n) is 42.3. The van der Waals surface area contributed by atoms with E-state index in [4.69, 9.17) is 30.1 Å². The van der Waals surface area contributed by atoms with Crippen LogP contribution in [0.2, 0.25) is 0 Å². The van der Waals surface area contributed by atoms with Crippen LogP contribution in [0.3, 0.4) is 0 Å². The lowest BCUT2D eigenvalue weighted by Crippen LogP contribution is -2.81. The number of aromatic nitrogens is 1. The Kier molecular flexibility index (Phi) is 12.5. The molecule has 3 aromatic rings. The number of carbonyl (C=O) groups is 5. The van der Waals surface area contributed by atoms with Crippen LogP contribution in [0, 0.1) is 23.7 Å². The number of aromatic amines is 1. The van der Waals surface area contributed by atoms with Crippen molar-refractivity contribution >= 4 is 46.4 Å². The monoisotopic (exact) mass is 971 g/mol. The molecule has 8 atom stereocenters. The normalized spacial score (nSPS) is 30.5. The van der Waals surface area contributed by atoms with Gasteiger partial charge in [-0.2, -0.15) is 0 Å². The number of hydrogen-bond acceptors (Lipinski definition) is 14. The third-order valence-electron chi connectivity index (χ3n) is 16.6. The highest BCUT2D eigenvalue weighted by atomic mass is 16.6. The summed E-state index contributed by atoms with van der Waals surface area (Å²) in [5.41, 5.74) is -1.04. The first-order chi connectivity index (χ1) is 33.9. The molecule has 6 aliphatic rings. The van der Waals surface area contributed by atoms with Gasteiger partial charge < -0.3 is 48.9 Å². The highest BCUT2D eigenvalue weighted by Crippen LogP contribution is 2.68. The van der Waals surface area contributed by atoms with Gasteiger partial charge in [-0.05, 0) is 87.4 Å². The first-order valence-corrected chi connectivity index (χ1v) is 24.5. The van der Waals surface area contributed by atoms with Crippen LogP contribution in [0.15, 0.2) is 65.4 Å². The summed E-state index contributed by atoms with van der Waals surface area (Å²) in [7, 11) is 7.20.